The molecular weight excluding hydrogens is 216 g/mol. The van der Waals surface area contributed by atoms with Crippen LogP contribution in [0.25, 0.3) is 0 Å². The van der Waals surface area contributed by atoms with E-state index in [0.29, 0.717) is 11.8 Å². The summed E-state index contributed by atoms with van der Waals surface area (Å²) in [5.41, 5.74) is 7.82. The van der Waals surface area contributed by atoms with Crippen molar-refractivity contribution in [1.82, 2.24) is 0 Å². The third-order valence-electron chi connectivity index (χ3n) is 5.32. The predicted octanol–water partition coefficient (Wildman–Crippen LogP) is 4.12. The minimum atomic E-state index is 0.618. The zero-order valence-corrected chi connectivity index (χ0v) is 10.6. The van der Waals surface area contributed by atoms with E-state index in [1.54, 1.807) is 16.7 Å². The highest BCUT2D eigenvalue weighted by Gasteiger charge is 2.50. The number of hydrogen-bond donors (Lipinski definition) is 0. The molecule has 1 saturated carbocycles. The third-order valence-corrected chi connectivity index (χ3v) is 5.32. The molecule has 18 heavy (non-hydrogen) atoms. The van der Waals surface area contributed by atoms with Crippen LogP contribution in [-0.2, 0) is 0 Å². The van der Waals surface area contributed by atoms with Crippen molar-refractivity contribution in [3.05, 3.63) is 70.4 Å². The molecule has 0 aromatic heterocycles. The van der Waals surface area contributed by atoms with Gasteiger partial charge in [-0.2, -0.15) is 0 Å². The average Bonchev–Trinajstić information content (AvgIpc) is 3.16. The van der Waals surface area contributed by atoms with Gasteiger partial charge in [-0.1, -0.05) is 48.1 Å². The molecule has 1 fully saturated rings. The van der Waals surface area contributed by atoms with Gasteiger partial charge in [-0.3, -0.25) is 0 Å². The van der Waals surface area contributed by atoms with Crippen LogP contribution in [0.2, 0.25) is 0 Å². The summed E-state index contributed by atoms with van der Waals surface area (Å²) in [4.78, 5) is 0. The van der Waals surface area contributed by atoms with Crippen LogP contribution in [0.1, 0.15) is 13.3 Å². The Bertz CT molecular complexity index is 646. The molecule has 0 amide bonds. The smallest absolute Gasteiger partial charge is 0.0198 e. The monoisotopic (exact) mass is 232 g/mol. The van der Waals surface area contributed by atoms with E-state index in [9.17, 15) is 0 Å². The first-order chi connectivity index (χ1) is 8.83. The molecule has 0 heterocycles. The number of rotatable bonds is 0. The third kappa shape index (κ3) is 0.986. The van der Waals surface area contributed by atoms with Crippen LogP contribution < -0.4 is 0 Å². The largest absolute Gasteiger partial charge is 0.0769 e. The molecule has 88 valence electrons. The van der Waals surface area contributed by atoms with Crippen LogP contribution in [-0.4, -0.2) is 0 Å². The molecule has 4 unspecified atom stereocenters. The Hall–Kier alpha value is -1.56. The maximum Gasteiger partial charge on any atom is 0.0198 e. The van der Waals surface area contributed by atoms with E-state index in [-0.39, 0.29) is 0 Å². The Kier molecular flexibility index (Phi) is 1.50. The lowest BCUT2D eigenvalue weighted by molar-refractivity contribution is 0.509. The van der Waals surface area contributed by atoms with Gasteiger partial charge in [0.05, 0.1) is 0 Å². The first-order valence-electron chi connectivity index (χ1n) is 7.03. The van der Waals surface area contributed by atoms with Gasteiger partial charge in [0, 0.05) is 11.8 Å². The van der Waals surface area contributed by atoms with Crippen LogP contribution in [0, 0.1) is 23.7 Å². The van der Waals surface area contributed by atoms with Crippen LogP contribution in [0.15, 0.2) is 70.4 Å². The standard InChI is InChI=1S/C18H16/c1-10-2-3-11-4-5-12-8-13-9-16(13)15-7-6-14(10)17(11)18(12)15/h2-8,13,16-18H,9H2,1H3. The lowest BCUT2D eigenvalue weighted by Gasteiger charge is -2.42. The Morgan fingerprint density at radius 1 is 0.944 bits per heavy atom. The maximum absolute atomic E-state index is 2.55. The van der Waals surface area contributed by atoms with Crippen molar-refractivity contribution in [2.75, 3.05) is 0 Å². The number of allylic oxidation sites excluding steroid dienone is 12. The van der Waals surface area contributed by atoms with Crippen molar-refractivity contribution >= 4 is 0 Å². The van der Waals surface area contributed by atoms with Crippen molar-refractivity contribution in [1.29, 1.82) is 0 Å². The Labute approximate surface area is 108 Å². The van der Waals surface area contributed by atoms with E-state index < -0.39 is 0 Å². The molecule has 0 aromatic carbocycles. The normalized spacial score (nSPS) is 41.7. The summed E-state index contributed by atoms with van der Waals surface area (Å²) in [6, 6.07) is 0. The van der Waals surface area contributed by atoms with E-state index in [2.05, 4.69) is 49.5 Å². The van der Waals surface area contributed by atoms with Crippen molar-refractivity contribution in [2.24, 2.45) is 23.7 Å². The maximum atomic E-state index is 2.55. The van der Waals surface area contributed by atoms with Crippen molar-refractivity contribution < 1.29 is 0 Å². The van der Waals surface area contributed by atoms with Gasteiger partial charge in [-0.25, -0.2) is 0 Å². The van der Waals surface area contributed by atoms with E-state index in [4.69, 9.17) is 0 Å². The molecule has 5 aliphatic rings. The Morgan fingerprint density at radius 3 is 2.78 bits per heavy atom. The Morgan fingerprint density at radius 2 is 1.83 bits per heavy atom. The van der Waals surface area contributed by atoms with E-state index in [1.807, 2.05) is 0 Å². The fourth-order valence-corrected chi connectivity index (χ4v) is 4.32. The molecular formula is C18H16. The van der Waals surface area contributed by atoms with Crippen LogP contribution in [0.4, 0.5) is 0 Å². The summed E-state index contributed by atoms with van der Waals surface area (Å²) < 4.78 is 0. The second kappa shape index (κ2) is 2.88. The zero-order valence-electron chi connectivity index (χ0n) is 10.6. The zero-order chi connectivity index (χ0) is 11.9. The molecule has 0 spiro atoms. The first-order valence-corrected chi connectivity index (χ1v) is 7.03. The van der Waals surface area contributed by atoms with Gasteiger partial charge in [-0.15, -0.1) is 0 Å². The molecule has 0 heteroatoms. The summed E-state index contributed by atoms with van der Waals surface area (Å²) >= 11 is 0. The summed E-state index contributed by atoms with van der Waals surface area (Å²) in [5, 5.41) is 0. The highest BCUT2D eigenvalue weighted by molar-refractivity contribution is 5.60. The first kappa shape index (κ1) is 9.38. The Balaban J connectivity index is 1.81. The minimum absolute atomic E-state index is 0.618. The lowest BCUT2D eigenvalue weighted by atomic mass is 9.62. The lowest BCUT2D eigenvalue weighted by Crippen LogP contribution is -2.31. The molecule has 0 aromatic rings. The van der Waals surface area contributed by atoms with Gasteiger partial charge < -0.3 is 0 Å². The van der Waals surface area contributed by atoms with Crippen molar-refractivity contribution in [2.45, 2.75) is 13.3 Å². The summed E-state index contributed by atoms with van der Waals surface area (Å²) in [7, 11) is 0. The van der Waals surface area contributed by atoms with Crippen molar-refractivity contribution in [3.63, 3.8) is 0 Å². The van der Waals surface area contributed by atoms with Gasteiger partial charge in [0.1, 0.15) is 0 Å². The molecule has 0 saturated heterocycles. The second-order valence-electron chi connectivity index (χ2n) is 6.27. The van der Waals surface area contributed by atoms with Gasteiger partial charge in [-0.05, 0) is 47.5 Å². The molecule has 0 aliphatic heterocycles. The van der Waals surface area contributed by atoms with Gasteiger partial charge in [0.15, 0.2) is 0 Å². The quantitative estimate of drug-likeness (QED) is 0.589. The average molecular weight is 232 g/mol. The van der Waals surface area contributed by atoms with Crippen LogP contribution in [0.5, 0.6) is 0 Å². The van der Waals surface area contributed by atoms with Crippen molar-refractivity contribution in [3.8, 4) is 0 Å². The van der Waals surface area contributed by atoms with Crippen LogP contribution >= 0.6 is 0 Å². The number of hydrogen-bond acceptors (Lipinski definition) is 0. The highest BCUT2D eigenvalue weighted by atomic mass is 14.5. The van der Waals surface area contributed by atoms with E-state index >= 15 is 0 Å². The SMILES string of the molecule is CC1=CC=C2C=CC3=CC4CC4C4=CC=C1C2C34. The fraction of sp³-hybridized carbons (Fsp3) is 0.333. The summed E-state index contributed by atoms with van der Waals surface area (Å²) in [5.74, 6) is 3.00. The van der Waals surface area contributed by atoms with E-state index in [0.717, 1.165) is 11.8 Å². The molecule has 5 rings (SSSR count). The summed E-state index contributed by atoms with van der Waals surface area (Å²) in [6.07, 6.45) is 18.1. The van der Waals surface area contributed by atoms with Crippen LogP contribution in [0.3, 0.4) is 0 Å². The molecule has 0 nitrogen and oxygen atoms in total. The van der Waals surface area contributed by atoms with Gasteiger partial charge in [0.2, 0.25) is 0 Å². The highest BCUT2D eigenvalue weighted by Crippen LogP contribution is 2.60. The fourth-order valence-electron chi connectivity index (χ4n) is 4.32. The summed E-state index contributed by atoms with van der Waals surface area (Å²) in [6.45, 7) is 2.25. The molecule has 0 bridgehead atoms. The second-order valence-corrected chi connectivity index (χ2v) is 6.27. The molecule has 0 N–H and O–H groups in total. The molecule has 4 atom stereocenters. The molecule has 0 radical (unpaired) electrons. The van der Waals surface area contributed by atoms with E-state index in [1.165, 1.54) is 17.6 Å². The topological polar surface area (TPSA) is 0 Å². The van der Waals surface area contributed by atoms with Gasteiger partial charge in [0.25, 0.3) is 0 Å². The van der Waals surface area contributed by atoms with Gasteiger partial charge >= 0.3 is 0 Å². The predicted molar refractivity (Wildman–Crippen MR) is 73.8 cm³/mol. The molecule has 5 aliphatic carbocycles. The number of fused-ring (bicyclic) bond motifs is 2. The minimum Gasteiger partial charge on any atom is -0.0769 e.